The number of ether oxygens (including phenoxy) is 2. The van der Waals surface area contributed by atoms with Crippen molar-refractivity contribution >= 4 is 17.5 Å². The predicted molar refractivity (Wildman–Crippen MR) is 102 cm³/mol. The van der Waals surface area contributed by atoms with E-state index in [0.717, 1.165) is 49.3 Å². The van der Waals surface area contributed by atoms with Crippen molar-refractivity contribution in [3.05, 3.63) is 47.2 Å². The monoisotopic (exact) mass is 367 g/mol. The van der Waals surface area contributed by atoms with Crippen LogP contribution in [0.3, 0.4) is 0 Å². The van der Waals surface area contributed by atoms with Crippen molar-refractivity contribution in [1.82, 2.24) is 0 Å². The van der Waals surface area contributed by atoms with E-state index in [1.54, 1.807) is 0 Å². The summed E-state index contributed by atoms with van der Waals surface area (Å²) in [5.74, 6) is -1.08. The van der Waals surface area contributed by atoms with Crippen LogP contribution >= 0.6 is 0 Å². The van der Waals surface area contributed by atoms with E-state index in [2.05, 4.69) is 4.99 Å². The summed E-state index contributed by atoms with van der Waals surface area (Å²) < 4.78 is 11.2. The maximum atomic E-state index is 13.0. The lowest BCUT2D eigenvalue weighted by Gasteiger charge is -2.34. The van der Waals surface area contributed by atoms with Gasteiger partial charge in [-0.1, -0.05) is 30.3 Å². The minimum Gasteiger partial charge on any atom is -0.462 e. The molecule has 1 fully saturated rings. The first-order valence-corrected chi connectivity index (χ1v) is 9.79. The first kappa shape index (κ1) is 18.1. The highest BCUT2D eigenvalue weighted by Gasteiger charge is 2.43. The number of carbonyl (C=O) groups is 2. The molecule has 5 nitrogen and oxygen atoms in total. The van der Waals surface area contributed by atoms with Crippen molar-refractivity contribution in [1.29, 1.82) is 0 Å². The van der Waals surface area contributed by atoms with E-state index in [1.165, 1.54) is 0 Å². The van der Waals surface area contributed by atoms with E-state index in [1.807, 2.05) is 37.3 Å². The van der Waals surface area contributed by atoms with Crippen LogP contribution in [-0.2, 0) is 19.1 Å². The maximum Gasteiger partial charge on any atom is 0.315 e. The summed E-state index contributed by atoms with van der Waals surface area (Å²) in [7, 11) is 0. The van der Waals surface area contributed by atoms with Crippen molar-refractivity contribution in [3.8, 4) is 0 Å². The standard InChI is InChI=1S/C22H25NO4/c1-14-19(22(25)27-13-16-9-6-12-26-16)20(15-7-3-2-4-8-15)21-17(23-14)10-5-11-18(21)24/h2-4,7-8,16,19-20H,5-6,9-13H2,1H3/t16-,19?,20-/m0/s1. The van der Waals surface area contributed by atoms with Gasteiger partial charge in [0.05, 0.1) is 6.10 Å². The summed E-state index contributed by atoms with van der Waals surface area (Å²) in [5, 5.41) is 0. The molecule has 0 spiro atoms. The summed E-state index contributed by atoms with van der Waals surface area (Å²) in [6, 6.07) is 9.79. The number of hydrogen-bond acceptors (Lipinski definition) is 5. The zero-order valence-electron chi connectivity index (χ0n) is 15.6. The molecule has 142 valence electrons. The molecular weight excluding hydrogens is 342 g/mol. The third-order valence-electron chi connectivity index (χ3n) is 5.68. The summed E-state index contributed by atoms with van der Waals surface area (Å²) in [6.45, 7) is 2.87. The van der Waals surface area contributed by atoms with Gasteiger partial charge in [-0.25, -0.2) is 0 Å². The van der Waals surface area contributed by atoms with E-state index in [0.29, 0.717) is 12.0 Å². The van der Waals surface area contributed by atoms with E-state index >= 15 is 0 Å². The Morgan fingerprint density at radius 3 is 2.78 bits per heavy atom. The van der Waals surface area contributed by atoms with Crippen LogP contribution in [0.2, 0.25) is 0 Å². The van der Waals surface area contributed by atoms with Crippen LogP contribution in [0.25, 0.3) is 0 Å². The molecule has 4 rings (SSSR count). The fourth-order valence-electron chi connectivity index (χ4n) is 4.37. The van der Waals surface area contributed by atoms with Gasteiger partial charge in [0, 0.05) is 35.9 Å². The van der Waals surface area contributed by atoms with Crippen LogP contribution in [0.1, 0.15) is 50.5 Å². The van der Waals surface area contributed by atoms with Gasteiger partial charge in [0.15, 0.2) is 5.78 Å². The van der Waals surface area contributed by atoms with Gasteiger partial charge in [-0.2, -0.15) is 0 Å². The number of benzene rings is 1. The molecule has 0 bridgehead atoms. The molecule has 3 aliphatic rings. The van der Waals surface area contributed by atoms with Crippen molar-refractivity contribution < 1.29 is 19.1 Å². The van der Waals surface area contributed by atoms with Crippen molar-refractivity contribution in [2.24, 2.45) is 10.9 Å². The lowest BCUT2D eigenvalue weighted by Crippen LogP contribution is -2.38. The van der Waals surface area contributed by atoms with Crippen LogP contribution in [0, 0.1) is 5.92 Å². The summed E-state index contributed by atoms with van der Waals surface area (Å²) in [5.41, 5.74) is 3.25. The Morgan fingerprint density at radius 2 is 2.04 bits per heavy atom. The Balaban J connectivity index is 1.66. The molecule has 0 N–H and O–H groups in total. The van der Waals surface area contributed by atoms with Gasteiger partial charge in [0.2, 0.25) is 0 Å². The largest absolute Gasteiger partial charge is 0.462 e. The van der Waals surface area contributed by atoms with E-state index < -0.39 is 5.92 Å². The smallest absolute Gasteiger partial charge is 0.315 e. The Morgan fingerprint density at radius 1 is 1.22 bits per heavy atom. The Hall–Kier alpha value is -2.27. The van der Waals surface area contributed by atoms with Gasteiger partial charge in [-0.15, -0.1) is 0 Å². The average Bonchev–Trinajstić information content (AvgIpc) is 3.19. The molecule has 0 saturated carbocycles. The quantitative estimate of drug-likeness (QED) is 0.763. The van der Waals surface area contributed by atoms with Gasteiger partial charge in [0.25, 0.3) is 0 Å². The van der Waals surface area contributed by atoms with Crippen molar-refractivity contribution in [3.63, 3.8) is 0 Å². The normalized spacial score (nSPS) is 28.0. The molecule has 2 aliphatic heterocycles. The first-order chi connectivity index (χ1) is 13.1. The van der Waals surface area contributed by atoms with Gasteiger partial charge in [-0.05, 0) is 38.2 Å². The number of allylic oxidation sites excluding steroid dienone is 2. The topological polar surface area (TPSA) is 65.0 Å². The Bertz CT molecular complexity index is 790. The summed E-state index contributed by atoms with van der Waals surface area (Å²) in [4.78, 5) is 30.4. The van der Waals surface area contributed by atoms with Gasteiger partial charge >= 0.3 is 5.97 Å². The molecule has 1 aromatic rings. The molecule has 1 aliphatic carbocycles. The lowest BCUT2D eigenvalue weighted by molar-refractivity contribution is -0.149. The second-order valence-corrected chi connectivity index (χ2v) is 7.52. The Kier molecular flexibility index (Phi) is 5.21. The van der Waals surface area contributed by atoms with Crippen LogP contribution in [0.5, 0.6) is 0 Å². The van der Waals surface area contributed by atoms with Crippen LogP contribution in [0.15, 0.2) is 46.6 Å². The van der Waals surface area contributed by atoms with Crippen LogP contribution in [0.4, 0.5) is 0 Å². The highest BCUT2D eigenvalue weighted by atomic mass is 16.6. The predicted octanol–water partition coefficient (Wildman–Crippen LogP) is 3.59. The third-order valence-corrected chi connectivity index (χ3v) is 5.68. The fraction of sp³-hybridized carbons (Fsp3) is 0.500. The molecule has 0 radical (unpaired) electrons. The number of hydrogen-bond donors (Lipinski definition) is 0. The molecule has 0 aromatic heterocycles. The van der Waals surface area contributed by atoms with Gasteiger partial charge in [0.1, 0.15) is 12.5 Å². The van der Waals surface area contributed by atoms with Crippen molar-refractivity contribution in [2.75, 3.05) is 13.2 Å². The zero-order valence-corrected chi connectivity index (χ0v) is 15.6. The lowest BCUT2D eigenvalue weighted by atomic mass is 9.72. The van der Waals surface area contributed by atoms with Crippen LogP contribution < -0.4 is 0 Å². The number of esters is 1. The average molecular weight is 367 g/mol. The van der Waals surface area contributed by atoms with Gasteiger partial charge in [-0.3, -0.25) is 14.6 Å². The van der Waals surface area contributed by atoms with Gasteiger partial charge < -0.3 is 9.47 Å². The van der Waals surface area contributed by atoms with E-state index in [9.17, 15) is 9.59 Å². The molecule has 1 unspecified atom stereocenters. The third kappa shape index (κ3) is 3.61. The minimum atomic E-state index is -0.561. The molecule has 5 heteroatoms. The first-order valence-electron chi connectivity index (χ1n) is 9.79. The number of carbonyl (C=O) groups excluding carboxylic acids is 2. The molecule has 1 aromatic carbocycles. The minimum absolute atomic E-state index is 0.0175. The highest BCUT2D eigenvalue weighted by Crippen LogP contribution is 2.43. The molecule has 27 heavy (non-hydrogen) atoms. The summed E-state index contributed by atoms with van der Waals surface area (Å²) >= 11 is 0. The van der Waals surface area contributed by atoms with E-state index in [-0.39, 0.29) is 30.4 Å². The number of nitrogens with zero attached hydrogens (tertiary/aromatic N) is 1. The molecule has 0 amide bonds. The zero-order chi connectivity index (χ0) is 18.8. The number of ketones is 1. The second kappa shape index (κ2) is 7.77. The molecule has 1 saturated heterocycles. The molecule has 2 heterocycles. The molecule has 3 atom stereocenters. The number of rotatable bonds is 4. The summed E-state index contributed by atoms with van der Waals surface area (Å²) in [6.07, 6.45) is 4.04. The van der Waals surface area contributed by atoms with E-state index in [4.69, 9.17) is 9.47 Å². The van der Waals surface area contributed by atoms with Crippen LogP contribution in [-0.4, -0.2) is 36.8 Å². The molecular formula is C22H25NO4. The number of Topliss-reactive ketones (excluding diaryl/α,β-unsaturated/α-hetero) is 1. The second-order valence-electron chi connectivity index (χ2n) is 7.52. The maximum absolute atomic E-state index is 13.0. The fourth-order valence-corrected chi connectivity index (χ4v) is 4.37. The van der Waals surface area contributed by atoms with Crippen molar-refractivity contribution in [2.45, 2.75) is 51.0 Å². The Labute approximate surface area is 159 Å². The highest BCUT2D eigenvalue weighted by molar-refractivity contribution is 6.08. The SMILES string of the molecule is CC1=NC2=C(C(=O)CCC2)[C@@H](c2ccccc2)C1C(=O)OC[C@@H]1CCCO1. The number of aliphatic imine (C=N–C) groups is 1.